The molecule has 0 saturated heterocycles. The molecule has 136 valence electrons. The van der Waals surface area contributed by atoms with E-state index in [-0.39, 0.29) is 12.4 Å². The van der Waals surface area contributed by atoms with Gasteiger partial charge in [0.15, 0.2) is 11.5 Å². The molecule has 0 spiro atoms. The van der Waals surface area contributed by atoms with Gasteiger partial charge in [-0.1, -0.05) is 18.2 Å². The molecule has 0 amide bonds. The van der Waals surface area contributed by atoms with Crippen molar-refractivity contribution < 1.29 is 13.9 Å². The summed E-state index contributed by atoms with van der Waals surface area (Å²) < 4.78 is 27.7. The number of hydrogen-bond acceptors (Lipinski definition) is 5. The van der Waals surface area contributed by atoms with E-state index in [0.29, 0.717) is 30.2 Å². The van der Waals surface area contributed by atoms with E-state index < -0.39 is 0 Å². The Labute approximate surface area is 159 Å². The first-order valence-corrected chi connectivity index (χ1v) is 8.86. The number of nitrogens with zero attached hydrogens (tertiary/aromatic N) is 3. The molecule has 26 heavy (non-hydrogen) atoms. The van der Waals surface area contributed by atoms with Gasteiger partial charge >= 0.3 is 0 Å². The van der Waals surface area contributed by atoms with Gasteiger partial charge in [0, 0.05) is 5.56 Å². The number of ether oxygens (including phenoxy) is 2. The molecule has 0 unspecified atom stereocenters. The minimum atomic E-state index is -0.295. The number of rotatable bonds is 8. The van der Waals surface area contributed by atoms with Crippen LogP contribution in [0.1, 0.15) is 18.1 Å². The lowest BCUT2D eigenvalue weighted by Gasteiger charge is -2.16. The molecule has 0 aliphatic carbocycles. The summed E-state index contributed by atoms with van der Waals surface area (Å²) in [4.78, 5) is 0. The highest BCUT2D eigenvalue weighted by Crippen LogP contribution is 2.37. The number of halogens is 2. The van der Waals surface area contributed by atoms with Crippen molar-refractivity contribution in [2.75, 3.05) is 12.0 Å². The summed E-state index contributed by atoms with van der Waals surface area (Å²) in [6.45, 7) is 3.05. The highest BCUT2D eigenvalue weighted by molar-refractivity contribution is 9.10. The molecule has 0 bridgehead atoms. The van der Waals surface area contributed by atoms with Crippen molar-refractivity contribution in [3.63, 3.8) is 0 Å². The van der Waals surface area contributed by atoms with Crippen LogP contribution in [-0.4, -0.2) is 21.5 Å². The Morgan fingerprint density at radius 1 is 1.15 bits per heavy atom. The first-order chi connectivity index (χ1) is 12.7. The summed E-state index contributed by atoms with van der Waals surface area (Å²) in [6, 6.07) is 10.4. The molecule has 0 saturated carbocycles. The molecule has 0 aliphatic heterocycles. The zero-order valence-electron chi connectivity index (χ0n) is 14.2. The van der Waals surface area contributed by atoms with Crippen molar-refractivity contribution in [2.45, 2.75) is 20.1 Å². The monoisotopic (exact) mass is 420 g/mol. The van der Waals surface area contributed by atoms with Gasteiger partial charge in [-0.25, -0.2) is 9.07 Å². The molecule has 0 aliphatic rings. The van der Waals surface area contributed by atoms with E-state index in [1.165, 1.54) is 6.07 Å². The summed E-state index contributed by atoms with van der Waals surface area (Å²) >= 11 is 3.52. The zero-order chi connectivity index (χ0) is 18.4. The molecule has 2 aromatic carbocycles. The van der Waals surface area contributed by atoms with E-state index in [2.05, 4.69) is 31.6 Å². The lowest BCUT2D eigenvalue weighted by atomic mass is 10.2. The maximum Gasteiger partial charge on any atom is 0.175 e. The summed E-state index contributed by atoms with van der Waals surface area (Å²) in [6.07, 6.45) is 3.15. The van der Waals surface area contributed by atoms with Gasteiger partial charge in [-0.15, -0.1) is 10.2 Å². The molecule has 1 aromatic heterocycles. The Morgan fingerprint density at radius 2 is 1.92 bits per heavy atom. The predicted molar refractivity (Wildman–Crippen MR) is 99.1 cm³/mol. The highest BCUT2D eigenvalue weighted by Gasteiger charge is 2.13. The Kier molecular flexibility index (Phi) is 6.06. The molecule has 1 heterocycles. The van der Waals surface area contributed by atoms with Gasteiger partial charge in [-0.05, 0) is 46.6 Å². The van der Waals surface area contributed by atoms with Crippen LogP contribution in [0.5, 0.6) is 11.5 Å². The Bertz CT molecular complexity index is 858. The topological polar surface area (TPSA) is 61.2 Å². The van der Waals surface area contributed by atoms with E-state index >= 15 is 0 Å². The molecule has 0 fully saturated rings. The number of benzene rings is 2. The quantitative estimate of drug-likeness (QED) is 0.598. The second-order valence-electron chi connectivity index (χ2n) is 5.42. The van der Waals surface area contributed by atoms with Gasteiger partial charge < -0.3 is 14.9 Å². The van der Waals surface area contributed by atoms with Crippen LogP contribution in [0.3, 0.4) is 0 Å². The SMILES string of the molecule is CCOc1cc(CNn2cnnc2)cc(Br)c1OCc1ccccc1F. The largest absolute Gasteiger partial charge is 0.490 e. The fourth-order valence-corrected chi connectivity index (χ4v) is 2.96. The van der Waals surface area contributed by atoms with Crippen LogP contribution in [0.4, 0.5) is 4.39 Å². The van der Waals surface area contributed by atoms with E-state index in [9.17, 15) is 4.39 Å². The number of hydrogen-bond donors (Lipinski definition) is 1. The van der Waals surface area contributed by atoms with Crippen LogP contribution in [0.2, 0.25) is 0 Å². The Morgan fingerprint density at radius 3 is 2.65 bits per heavy atom. The van der Waals surface area contributed by atoms with Crippen LogP contribution in [0.15, 0.2) is 53.5 Å². The summed E-state index contributed by atoms with van der Waals surface area (Å²) in [7, 11) is 0. The number of nitrogens with one attached hydrogen (secondary N) is 1. The summed E-state index contributed by atoms with van der Waals surface area (Å²) in [5.74, 6) is 0.846. The molecule has 1 N–H and O–H groups in total. The molecular weight excluding hydrogens is 403 g/mol. The van der Waals surface area contributed by atoms with Crippen molar-refractivity contribution >= 4 is 15.9 Å². The molecule has 3 aromatic rings. The molecular formula is C18H18BrFN4O2. The third-order valence-corrected chi connectivity index (χ3v) is 4.17. The van der Waals surface area contributed by atoms with E-state index in [0.717, 1.165) is 10.0 Å². The van der Waals surface area contributed by atoms with Crippen molar-refractivity contribution in [3.05, 3.63) is 70.5 Å². The normalized spacial score (nSPS) is 10.6. The van der Waals surface area contributed by atoms with Gasteiger partial charge in [-0.2, -0.15) is 0 Å². The minimum Gasteiger partial charge on any atom is -0.490 e. The van der Waals surface area contributed by atoms with Gasteiger partial charge in [0.25, 0.3) is 0 Å². The van der Waals surface area contributed by atoms with Crippen molar-refractivity contribution in [1.82, 2.24) is 14.9 Å². The van der Waals surface area contributed by atoms with Gasteiger partial charge in [-0.3, -0.25) is 0 Å². The molecule has 3 rings (SSSR count). The van der Waals surface area contributed by atoms with Gasteiger partial charge in [0.05, 0.1) is 17.6 Å². The maximum absolute atomic E-state index is 13.8. The third kappa shape index (κ3) is 4.51. The smallest absolute Gasteiger partial charge is 0.175 e. The minimum absolute atomic E-state index is 0.115. The molecule has 6 nitrogen and oxygen atoms in total. The standard InChI is InChI=1S/C18H18BrFN4O2/c1-2-25-17-8-13(9-23-24-11-21-22-12-24)7-15(19)18(17)26-10-14-5-3-4-6-16(14)20/h3-8,11-12,23H,2,9-10H2,1H3. The Hall–Kier alpha value is -2.61. The fourth-order valence-electron chi connectivity index (χ4n) is 2.36. The molecule has 0 atom stereocenters. The second kappa shape index (κ2) is 8.66. The summed E-state index contributed by atoms with van der Waals surface area (Å²) in [5.41, 5.74) is 4.61. The van der Waals surface area contributed by atoms with Crippen molar-refractivity contribution in [2.24, 2.45) is 0 Å². The lowest BCUT2D eigenvalue weighted by molar-refractivity contribution is 0.264. The number of aromatic nitrogens is 3. The second-order valence-corrected chi connectivity index (χ2v) is 6.28. The first-order valence-electron chi connectivity index (χ1n) is 8.07. The van der Waals surface area contributed by atoms with Crippen molar-refractivity contribution in [1.29, 1.82) is 0 Å². The van der Waals surface area contributed by atoms with Crippen LogP contribution >= 0.6 is 15.9 Å². The predicted octanol–water partition coefficient (Wildman–Crippen LogP) is 3.90. The first kappa shape index (κ1) is 18.2. The Balaban J connectivity index is 1.76. The molecule has 0 radical (unpaired) electrons. The summed E-state index contributed by atoms with van der Waals surface area (Å²) in [5, 5.41) is 7.48. The lowest BCUT2D eigenvalue weighted by Crippen LogP contribution is -2.12. The van der Waals surface area contributed by atoms with Crippen LogP contribution in [0.25, 0.3) is 0 Å². The maximum atomic E-state index is 13.8. The third-order valence-electron chi connectivity index (χ3n) is 3.58. The highest BCUT2D eigenvalue weighted by atomic mass is 79.9. The van der Waals surface area contributed by atoms with Gasteiger partial charge in [0.1, 0.15) is 25.1 Å². The van der Waals surface area contributed by atoms with Crippen molar-refractivity contribution in [3.8, 4) is 11.5 Å². The fraction of sp³-hybridized carbons (Fsp3) is 0.222. The van der Waals surface area contributed by atoms with Crippen LogP contribution < -0.4 is 14.9 Å². The van der Waals surface area contributed by atoms with Crippen LogP contribution in [0, 0.1) is 5.82 Å². The van der Waals surface area contributed by atoms with E-state index in [4.69, 9.17) is 9.47 Å². The van der Waals surface area contributed by atoms with E-state index in [1.54, 1.807) is 35.5 Å². The van der Waals surface area contributed by atoms with E-state index in [1.807, 2.05) is 19.1 Å². The van der Waals surface area contributed by atoms with Gasteiger partial charge in [0.2, 0.25) is 0 Å². The van der Waals surface area contributed by atoms with Crippen LogP contribution in [-0.2, 0) is 13.2 Å². The zero-order valence-corrected chi connectivity index (χ0v) is 15.7. The average molecular weight is 421 g/mol. The average Bonchev–Trinajstić information content (AvgIpc) is 3.14. The molecule has 8 heteroatoms.